The number of nitrogens with one attached hydrogen (secondary N) is 1. The van der Waals surface area contributed by atoms with E-state index in [1.54, 1.807) is 13.0 Å². The minimum atomic E-state index is -0.443. The van der Waals surface area contributed by atoms with Crippen LogP contribution in [0.15, 0.2) is 60.7 Å². The molecular formula is C27H23NO5S. The highest BCUT2D eigenvalue weighted by molar-refractivity contribution is 7.17. The lowest BCUT2D eigenvalue weighted by molar-refractivity contribution is 0.0527. The Morgan fingerprint density at radius 2 is 1.82 bits per heavy atom. The molecule has 0 aliphatic carbocycles. The zero-order valence-electron chi connectivity index (χ0n) is 18.8. The Hall–Kier alpha value is -3.84. The van der Waals surface area contributed by atoms with E-state index in [0.29, 0.717) is 28.3 Å². The van der Waals surface area contributed by atoms with Crippen molar-refractivity contribution < 1.29 is 23.8 Å². The second-order valence-corrected chi connectivity index (χ2v) is 9.03. The van der Waals surface area contributed by atoms with Crippen LogP contribution in [0.3, 0.4) is 0 Å². The Bertz CT molecular complexity index is 1400. The highest BCUT2D eigenvalue weighted by atomic mass is 32.1. The third-order valence-electron chi connectivity index (χ3n) is 5.79. The first-order chi connectivity index (χ1) is 16.5. The van der Waals surface area contributed by atoms with E-state index in [2.05, 4.69) is 5.32 Å². The standard InChI is InChI=1S/C27H23NO5S/c1-3-31-27(30)24-16(2)23(14-17-11-12-21-22(13-17)33-15-32-21)34-26(24)28-25(29)20-10-6-8-18-7-4-5-9-19(18)20/h4-13H,3,14-15H2,1-2H3,(H,28,29). The zero-order valence-corrected chi connectivity index (χ0v) is 19.7. The van der Waals surface area contributed by atoms with Gasteiger partial charge in [0.25, 0.3) is 5.91 Å². The number of rotatable bonds is 6. The summed E-state index contributed by atoms with van der Waals surface area (Å²) in [5.41, 5.74) is 2.78. The van der Waals surface area contributed by atoms with E-state index in [0.717, 1.165) is 32.5 Å². The normalized spacial score (nSPS) is 12.1. The molecule has 0 fully saturated rings. The second-order valence-electron chi connectivity index (χ2n) is 7.92. The summed E-state index contributed by atoms with van der Waals surface area (Å²) in [6.45, 7) is 4.12. The number of thiophene rings is 1. The number of fused-ring (bicyclic) bond motifs is 2. The van der Waals surface area contributed by atoms with Gasteiger partial charge in [-0.1, -0.05) is 42.5 Å². The molecule has 0 saturated carbocycles. The number of carbonyl (C=O) groups excluding carboxylic acids is 2. The van der Waals surface area contributed by atoms with Gasteiger partial charge in [0.1, 0.15) is 5.00 Å². The molecular weight excluding hydrogens is 450 g/mol. The molecule has 0 bridgehead atoms. The van der Waals surface area contributed by atoms with Crippen molar-refractivity contribution in [3.63, 3.8) is 0 Å². The van der Waals surface area contributed by atoms with Gasteiger partial charge in [-0.15, -0.1) is 11.3 Å². The van der Waals surface area contributed by atoms with Crippen molar-refractivity contribution in [3.05, 3.63) is 87.8 Å². The van der Waals surface area contributed by atoms with Crippen LogP contribution in [0, 0.1) is 6.92 Å². The SMILES string of the molecule is CCOC(=O)c1c(NC(=O)c2cccc3ccccc23)sc(Cc2ccc3c(c2)OCO3)c1C. The Labute approximate surface area is 201 Å². The van der Waals surface area contributed by atoms with Gasteiger partial charge in [-0.3, -0.25) is 4.79 Å². The van der Waals surface area contributed by atoms with Crippen molar-refractivity contribution in [1.82, 2.24) is 0 Å². The van der Waals surface area contributed by atoms with Crippen LogP contribution >= 0.6 is 11.3 Å². The van der Waals surface area contributed by atoms with Gasteiger partial charge < -0.3 is 19.5 Å². The molecule has 34 heavy (non-hydrogen) atoms. The zero-order chi connectivity index (χ0) is 23.7. The third-order valence-corrected chi connectivity index (χ3v) is 7.00. The third kappa shape index (κ3) is 4.10. The van der Waals surface area contributed by atoms with Crippen LogP contribution in [0.25, 0.3) is 10.8 Å². The summed E-state index contributed by atoms with van der Waals surface area (Å²) < 4.78 is 16.2. The number of anilines is 1. The number of carbonyl (C=O) groups is 2. The number of esters is 1. The molecule has 1 aliphatic rings. The predicted octanol–water partition coefficient (Wildman–Crippen LogP) is 5.96. The largest absolute Gasteiger partial charge is 0.462 e. The molecule has 1 aliphatic heterocycles. The summed E-state index contributed by atoms with van der Waals surface area (Å²) in [5, 5.41) is 5.31. The monoisotopic (exact) mass is 473 g/mol. The molecule has 1 N–H and O–H groups in total. The van der Waals surface area contributed by atoms with E-state index in [-0.39, 0.29) is 19.3 Å². The number of hydrogen-bond donors (Lipinski definition) is 1. The van der Waals surface area contributed by atoms with Crippen molar-refractivity contribution in [1.29, 1.82) is 0 Å². The lowest BCUT2D eigenvalue weighted by Gasteiger charge is -2.09. The van der Waals surface area contributed by atoms with Crippen LogP contribution in [-0.2, 0) is 11.2 Å². The quantitative estimate of drug-likeness (QED) is 0.350. The molecule has 0 atom stereocenters. The van der Waals surface area contributed by atoms with Crippen LogP contribution in [0.2, 0.25) is 0 Å². The molecule has 5 rings (SSSR count). The van der Waals surface area contributed by atoms with Gasteiger partial charge in [0, 0.05) is 16.9 Å². The van der Waals surface area contributed by atoms with E-state index in [1.165, 1.54) is 11.3 Å². The van der Waals surface area contributed by atoms with Gasteiger partial charge in [-0.2, -0.15) is 0 Å². The van der Waals surface area contributed by atoms with Gasteiger partial charge >= 0.3 is 5.97 Å². The van der Waals surface area contributed by atoms with Crippen molar-refractivity contribution in [2.24, 2.45) is 0 Å². The fourth-order valence-electron chi connectivity index (χ4n) is 4.10. The first kappa shape index (κ1) is 22.0. The number of benzene rings is 3. The minimum Gasteiger partial charge on any atom is -0.462 e. The van der Waals surface area contributed by atoms with Gasteiger partial charge in [-0.25, -0.2) is 4.79 Å². The lowest BCUT2D eigenvalue weighted by Crippen LogP contribution is -2.15. The maximum absolute atomic E-state index is 13.3. The number of amides is 1. The van der Waals surface area contributed by atoms with E-state index in [1.807, 2.05) is 61.5 Å². The average molecular weight is 474 g/mol. The molecule has 4 aromatic rings. The smallest absolute Gasteiger partial charge is 0.341 e. The topological polar surface area (TPSA) is 73.9 Å². The molecule has 1 amide bonds. The summed E-state index contributed by atoms with van der Waals surface area (Å²) in [6.07, 6.45) is 0.587. The molecule has 172 valence electrons. The average Bonchev–Trinajstić information content (AvgIpc) is 3.42. The molecule has 1 aromatic heterocycles. The fourth-order valence-corrected chi connectivity index (χ4v) is 5.32. The number of hydrogen-bond acceptors (Lipinski definition) is 6. The first-order valence-corrected chi connectivity index (χ1v) is 11.8. The van der Waals surface area contributed by atoms with Crippen LogP contribution in [0.5, 0.6) is 11.5 Å². The van der Waals surface area contributed by atoms with Crippen molar-refractivity contribution in [2.45, 2.75) is 20.3 Å². The molecule has 6 nitrogen and oxygen atoms in total. The van der Waals surface area contributed by atoms with Crippen LogP contribution in [0.4, 0.5) is 5.00 Å². The lowest BCUT2D eigenvalue weighted by atomic mass is 10.0. The molecule has 0 spiro atoms. The highest BCUT2D eigenvalue weighted by Gasteiger charge is 2.25. The summed E-state index contributed by atoms with van der Waals surface area (Å²) >= 11 is 1.39. The summed E-state index contributed by atoms with van der Waals surface area (Å²) in [7, 11) is 0. The van der Waals surface area contributed by atoms with Crippen LogP contribution in [0.1, 0.15) is 43.6 Å². The minimum absolute atomic E-state index is 0.216. The number of ether oxygens (including phenoxy) is 3. The van der Waals surface area contributed by atoms with Gasteiger partial charge in [0.15, 0.2) is 11.5 Å². The van der Waals surface area contributed by atoms with Crippen molar-refractivity contribution >= 4 is 39.0 Å². The van der Waals surface area contributed by atoms with Crippen molar-refractivity contribution in [3.8, 4) is 11.5 Å². The van der Waals surface area contributed by atoms with Crippen LogP contribution in [-0.4, -0.2) is 25.3 Å². The summed E-state index contributed by atoms with van der Waals surface area (Å²) in [4.78, 5) is 27.1. The Kier molecular flexibility index (Phi) is 5.94. The highest BCUT2D eigenvalue weighted by Crippen LogP contribution is 2.38. The van der Waals surface area contributed by atoms with E-state index < -0.39 is 5.97 Å². The van der Waals surface area contributed by atoms with Crippen molar-refractivity contribution in [2.75, 3.05) is 18.7 Å². The Balaban J connectivity index is 1.49. The second kappa shape index (κ2) is 9.19. The first-order valence-electron chi connectivity index (χ1n) is 11.0. The van der Waals surface area contributed by atoms with E-state index in [9.17, 15) is 9.59 Å². The Morgan fingerprint density at radius 3 is 2.68 bits per heavy atom. The molecule has 3 aromatic carbocycles. The van der Waals surface area contributed by atoms with E-state index >= 15 is 0 Å². The Morgan fingerprint density at radius 1 is 1.03 bits per heavy atom. The molecule has 0 radical (unpaired) electrons. The molecule has 0 saturated heterocycles. The van der Waals surface area contributed by atoms with Gasteiger partial charge in [0.2, 0.25) is 6.79 Å². The molecule has 2 heterocycles. The molecule has 0 unspecified atom stereocenters. The maximum atomic E-state index is 13.3. The molecule has 7 heteroatoms. The van der Waals surface area contributed by atoms with Crippen LogP contribution < -0.4 is 14.8 Å². The fraction of sp³-hybridized carbons (Fsp3) is 0.185. The van der Waals surface area contributed by atoms with E-state index in [4.69, 9.17) is 14.2 Å². The summed E-state index contributed by atoms with van der Waals surface area (Å²) in [6, 6.07) is 19.1. The van der Waals surface area contributed by atoms with Gasteiger partial charge in [0.05, 0.1) is 12.2 Å². The maximum Gasteiger partial charge on any atom is 0.341 e. The summed E-state index contributed by atoms with van der Waals surface area (Å²) in [5.74, 6) is 0.725. The van der Waals surface area contributed by atoms with Gasteiger partial charge in [-0.05, 0) is 53.9 Å². The predicted molar refractivity (Wildman–Crippen MR) is 132 cm³/mol.